The normalized spacial score (nSPS) is 36.5. The fourth-order valence-electron chi connectivity index (χ4n) is 2.71. The number of aliphatic hydroxyl groups is 1. The average Bonchev–Trinajstić information content (AvgIpc) is 2.39. The zero-order valence-electron chi connectivity index (χ0n) is 13.1. The van der Waals surface area contributed by atoms with E-state index in [0.29, 0.717) is 0 Å². The Morgan fingerprint density at radius 3 is 1.87 bits per heavy atom. The first-order valence-corrected chi connectivity index (χ1v) is 7.27. The Morgan fingerprint density at radius 2 is 1.30 bits per heavy atom. The third-order valence-electron chi connectivity index (χ3n) is 3.51. The van der Waals surface area contributed by atoms with E-state index in [1.807, 2.05) is 0 Å². The summed E-state index contributed by atoms with van der Waals surface area (Å²) in [6, 6.07) is 0. The number of esters is 3. The summed E-state index contributed by atoms with van der Waals surface area (Å²) in [6.45, 7) is 3.66. The van der Waals surface area contributed by atoms with Gasteiger partial charge in [-0.05, 0) is 0 Å². The quantitative estimate of drug-likeness (QED) is 0.545. The monoisotopic (exact) mass is 332 g/mol. The molecule has 2 rings (SSSR count). The van der Waals surface area contributed by atoms with Gasteiger partial charge in [-0.2, -0.15) is 0 Å². The molecule has 0 amide bonds. The summed E-state index contributed by atoms with van der Waals surface area (Å²) in [5, 5.41) is 9.89. The molecule has 1 unspecified atom stereocenters. The number of carbonyl (C=O) groups is 3. The maximum absolute atomic E-state index is 11.2. The van der Waals surface area contributed by atoms with Gasteiger partial charge >= 0.3 is 17.9 Å². The number of aliphatic hydroxyl groups excluding tert-OH is 1. The molecule has 0 aromatic rings. The molecule has 0 bridgehead atoms. The molecule has 0 aromatic carbocycles. The lowest BCUT2D eigenvalue weighted by atomic mass is 9.94. The molecular formula is C14H20O9. The van der Waals surface area contributed by atoms with Crippen molar-refractivity contribution < 1.29 is 43.2 Å². The number of ether oxygens (including phenoxy) is 5. The molecule has 0 aromatic heterocycles. The smallest absolute Gasteiger partial charge is 0.305 e. The van der Waals surface area contributed by atoms with E-state index in [4.69, 9.17) is 23.7 Å². The lowest BCUT2D eigenvalue weighted by Crippen LogP contribution is -2.57. The first-order chi connectivity index (χ1) is 10.8. The van der Waals surface area contributed by atoms with Crippen LogP contribution in [0.25, 0.3) is 0 Å². The van der Waals surface area contributed by atoms with E-state index in [0.717, 1.165) is 0 Å². The van der Waals surface area contributed by atoms with E-state index in [9.17, 15) is 19.5 Å². The number of fused-ring (bicyclic) bond motifs is 1. The van der Waals surface area contributed by atoms with Gasteiger partial charge in [0.25, 0.3) is 0 Å². The molecular weight excluding hydrogens is 312 g/mol. The van der Waals surface area contributed by atoms with Crippen LogP contribution in [0.4, 0.5) is 0 Å². The summed E-state index contributed by atoms with van der Waals surface area (Å²) in [5.74, 6) is -1.69. The fourth-order valence-corrected chi connectivity index (χ4v) is 2.71. The summed E-state index contributed by atoms with van der Waals surface area (Å²) in [4.78, 5) is 33.4. The fraction of sp³-hybridized carbons (Fsp3) is 0.786. The maximum Gasteiger partial charge on any atom is 0.305 e. The van der Waals surface area contributed by atoms with Crippen molar-refractivity contribution in [2.45, 2.75) is 70.6 Å². The third-order valence-corrected chi connectivity index (χ3v) is 3.51. The van der Waals surface area contributed by atoms with Crippen molar-refractivity contribution in [3.63, 3.8) is 0 Å². The first-order valence-electron chi connectivity index (χ1n) is 7.27. The molecule has 2 saturated heterocycles. The highest BCUT2D eigenvalue weighted by Crippen LogP contribution is 2.34. The number of hydrogen-bond acceptors (Lipinski definition) is 9. The van der Waals surface area contributed by atoms with Crippen molar-refractivity contribution in [3.8, 4) is 0 Å². The minimum atomic E-state index is -1.30. The van der Waals surface area contributed by atoms with E-state index in [2.05, 4.69) is 0 Å². The number of carbonyl (C=O) groups excluding carboxylic acids is 3. The van der Waals surface area contributed by atoms with Gasteiger partial charge < -0.3 is 28.8 Å². The predicted octanol–water partition coefficient (Wildman–Crippen LogP) is -0.365. The molecule has 2 heterocycles. The van der Waals surface area contributed by atoms with E-state index < -0.39 is 54.9 Å². The van der Waals surface area contributed by atoms with Crippen LogP contribution in [-0.2, 0) is 38.1 Å². The van der Waals surface area contributed by atoms with Gasteiger partial charge in [0.15, 0.2) is 18.5 Å². The Morgan fingerprint density at radius 1 is 0.826 bits per heavy atom. The molecule has 1 N–H and O–H groups in total. The van der Waals surface area contributed by atoms with Crippen LogP contribution in [-0.4, -0.2) is 60.0 Å². The van der Waals surface area contributed by atoms with Gasteiger partial charge in [-0.1, -0.05) is 0 Å². The Labute approximate surface area is 132 Å². The summed E-state index contributed by atoms with van der Waals surface area (Å²) >= 11 is 0. The van der Waals surface area contributed by atoms with Crippen molar-refractivity contribution >= 4 is 17.9 Å². The molecule has 0 radical (unpaired) electrons. The SMILES string of the molecule is CC(=O)O[C@@H]1O[C@@H]2C[C@@H](OC(C)=O)C(O)O[C@@H]2C[C@H]1OC(C)=O. The summed E-state index contributed by atoms with van der Waals surface area (Å²) in [6.07, 6.45) is -4.87. The average molecular weight is 332 g/mol. The van der Waals surface area contributed by atoms with Crippen LogP contribution in [0.2, 0.25) is 0 Å². The zero-order chi connectivity index (χ0) is 17.1. The Kier molecular flexibility index (Phi) is 5.55. The van der Waals surface area contributed by atoms with E-state index in [1.165, 1.54) is 20.8 Å². The molecule has 2 fully saturated rings. The second kappa shape index (κ2) is 7.24. The van der Waals surface area contributed by atoms with Crippen LogP contribution in [0.15, 0.2) is 0 Å². The standard InChI is InChI=1S/C14H20O9/c1-6(15)19-11-4-10-9(22-13(11)18)5-12(20-7(2)16)14(23-10)21-8(3)17/h9-14,18H,4-5H2,1-3H3/t9-,10-,11-,12-,13?,14-/m1/s1. The molecule has 9 nitrogen and oxygen atoms in total. The molecule has 0 saturated carbocycles. The molecule has 2 aliphatic rings. The predicted molar refractivity (Wildman–Crippen MR) is 71.6 cm³/mol. The van der Waals surface area contributed by atoms with Gasteiger partial charge in [-0.15, -0.1) is 0 Å². The number of rotatable bonds is 3. The van der Waals surface area contributed by atoms with E-state index >= 15 is 0 Å². The van der Waals surface area contributed by atoms with Gasteiger partial charge in [0.2, 0.25) is 6.29 Å². The minimum Gasteiger partial charge on any atom is -0.457 e. The lowest BCUT2D eigenvalue weighted by Gasteiger charge is -2.45. The second-order valence-corrected chi connectivity index (χ2v) is 5.48. The topological polar surface area (TPSA) is 118 Å². The molecule has 0 spiro atoms. The van der Waals surface area contributed by atoms with Crippen LogP contribution >= 0.6 is 0 Å². The van der Waals surface area contributed by atoms with Crippen molar-refractivity contribution in [2.24, 2.45) is 0 Å². The second-order valence-electron chi connectivity index (χ2n) is 5.48. The highest BCUT2D eigenvalue weighted by molar-refractivity contribution is 5.67. The lowest BCUT2D eigenvalue weighted by molar-refractivity contribution is -0.320. The number of hydrogen-bond donors (Lipinski definition) is 1. The van der Waals surface area contributed by atoms with Crippen LogP contribution in [0.1, 0.15) is 33.6 Å². The van der Waals surface area contributed by atoms with Gasteiger partial charge in [0.05, 0.1) is 12.2 Å². The summed E-state index contributed by atoms with van der Waals surface area (Å²) < 4.78 is 26.1. The molecule has 2 aliphatic heterocycles. The Hall–Kier alpha value is -1.71. The molecule has 130 valence electrons. The van der Waals surface area contributed by atoms with Gasteiger partial charge in [-0.3, -0.25) is 14.4 Å². The Bertz CT molecular complexity index is 477. The zero-order valence-corrected chi connectivity index (χ0v) is 13.1. The van der Waals surface area contributed by atoms with Crippen molar-refractivity contribution in [2.75, 3.05) is 0 Å². The maximum atomic E-state index is 11.2. The molecule has 23 heavy (non-hydrogen) atoms. The Balaban J connectivity index is 2.08. The summed E-state index contributed by atoms with van der Waals surface area (Å²) in [5.41, 5.74) is 0. The summed E-state index contributed by atoms with van der Waals surface area (Å²) in [7, 11) is 0. The highest BCUT2D eigenvalue weighted by Gasteiger charge is 2.48. The van der Waals surface area contributed by atoms with Gasteiger partial charge in [0, 0.05) is 33.6 Å². The largest absolute Gasteiger partial charge is 0.457 e. The first kappa shape index (κ1) is 17.6. The van der Waals surface area contributed by atoms with Gasteiger partial charge in [0.1, 0.15) is 0 Å². The van der Waals surface area contributed by atoms with E-state index in [1.54, 1.807) is 0 Å². The van der Waals surface area contributed by atoms with Crippen molar-refractivity contribution in [1.82, 2.24) is 0 Å². The van der Waals surface area contributed by atoms with Crippen LogP contribution < -0.4 is 0 Å². The van der Waals surface area contributed by atoms with Crippen molar-refractivity contribution in [3.05, 3.63) is 0 Å². The minimum absolute atomic E-state index is 0.177. The molecule has 6 atom stereocenters. The van der Waals surface area contributed by atoms with Gasteiger partial charge in [-0.25, -0.2) is 0 Å². The molecule has 0 aliphatic carbocycles. The van der Waals surface area contributed by atoms with Crippen LogP contribution in [0, 0.1) is 0 Å². The van der Waals surface area contributed by atoms with Crippen molar-refractivity contribution in [1.29, 1.82) is 0 Å². The third kappa shape index (κ3) is 4.63. The van der Waals surface area contributed by atoms with E-state index in [-0.39, 0.29) is 12.8 Å². The highest BCUT2D eigenvalue weighted by atomic mass is 16.7. The van der Waals surface area contributed by atoms with Crippen LogP contribution in [0.5, 0.6) is 0 Å². The molecule has 9 heteroatoms. The van der Waals surface area contributed by atoms with Crippen LogP contribution in [0.3, 0.4) is 0 Å².